The smallest absolute Gasteiger partial charge is 0.340 e. The van der Waals surface area contributed by atoms with Crippen molar-refractivity contribution in [3.05, 3.63) is 46.8 Å². The Morgan fingerprint density at radius 3 is 1.85 bits per heavy atom. The summed E-state index contributed by atoms with van der Waals surface area (Å²) in [6.45, 7) is 9.66. The normalized spacial score (nSPS) is 10.4. The molecular weight excluding hydrogens is 346 g/mol. The molecule has 1 aromatic heterocycles. The number of carbonyl (C=O) groups is 2. The molecule has 1 heterocycles. The van der Waals surface area contributed by atoms with Gasteiger partial charge in [0.15, 0.2) is 0 Å². The van der Waals surface area contributed by atoms with E-state index in [1.54, 1.807) is 33.8 Å². The van der Waals surface area contributed by atoms with Gasteiger partial charge in [-0.3, -0.25) is 4.98 Å². The quantitative estimate of drug-likeness (QED) is 0.682. The Bertz CT molecular complexity index is 802. The zero-order chi connectivity index (χ0) is 20.0. The van der Waals surface area contributed by atoms with Gasteiger partial charge in [0.05, 0.1) is 42.3 Å². The van der Waals surface area contributed by atoms with Crippen molar-refractivity contribution in [3.8, 4) is 16.9 Å². The first-order valence-electron chi connectivity index (χ1n) is 9.03. The molecule has 0 aliphatic heterocycles. The van der Waals surface area contributed by atoms with Crippen LogP contribution in [-0.2, 0) is 9.47 Å². The Kier molecular flexibility index (Phi) is 6.93. The number of hydrogen-bond donors (Lipinski definition) is 0. The first-order valence-corrected chi connectivity index (χ1v) is 9.03. The zero-order valence-corrected chi connectivity index (χ0v) is 16.4. The first-order chi connectivity index (χ1) is 13.0. The lowest BCUT2D eigenvalue weighted by atomic mass is 9.92. The number of aryl methyl sites for hydroxylation is 2. The maximum Gasteiger partial charge on any atom is 0.340 e. The molecule has 2 aromatic rings. The summed E-state index contributed by atoms with van der Waals surface area (Å²) in [5, 5.41) is 0. The Hall–Kier alpha value is -2.89. The minimum Gasteiger partial charge on any atom is -0.493 e. The van der Waals surface area contributed by atoms with Gasteiger partial charge in [0.25, 0.3) is 0 Å². The van der Waals surface area contributed by atoms with Crippen molar-refractivity contribution in [1.29, 1.82) is 0 Å². The summed E-state index contributed by atoms with van der Waals surface area (Å²) in [7, 11) is 0. The number of para-hydroxylation sites is 1. The molecule has 0 amide bonds. The van der Waals surface area contributed by atoms with E-state index >= 15 is 0 Å². The van der Waals surface area contributed by atoms with E-state index in [0.29, 0.717) is 34.9 Å². The van der Waals surface area contributed by atoms with Crippen LogP contribution in [0.3, 0.4) is 0 Å². The van der Waals surface area contributed by atoms with Gasteiger partial charge in [-0.2, -0.15) is 0 Å². The van der Waals surface area contributed by atoms with Gasteiger partial charge in [0.1, 0.15) is 5.75 Å². The van der Waals surface area contributed by atoms with Crippen LogP contribution in [0.2, 0.25) is 0 Å². The van der Waals surface area contributed by atoms with Gasteiger partial charge >= 0.3 is 11.9 Å². The van der Waals surface area contributed by atoms with E-state index in [4.69, 9.17) is 14.2 Å². The summed E-state index contributed by atoms with van der Waals surface area (Å²) < 4.78 is 16.2. The van der Waals surface area contributed by atoms with Crippen molar-refractivity contribution in [2.24, 2.45) is 0 Å². The maximum atomic E-state index is 12.7. The molecule has 0 saturated heterocycles. The Morgan fingerprint density at radius 1 is 0.852 bits per heavy atom. The van der Waals surface area contributed by atoms with E-state index in [1.165, 1.54) is 0 Å². The van der Waals surface area contributed by atoms with Gasteiger partial charge in [-0.05, 0) is 40.7 Å². The number of carbonyl (C=O) groups excluding carboxylic acids is 2. The molecule has 0 N–H and O–H groups in total. The van der Waals surface area contributed by atoms with Gasteiger partial charge < -0.3 is 14.2 Å². The molecular formula is C21H25NO5. The Labute approximate surface area is 159 Å². The van der Waals surface area contributed by atoms with Crippen molar-refractivity contribution in [2.75, 3.05) is 19.8 Å². The fourth-order valence-corrected chi connectivity index (χ4v) is 2.98. The first kappa shape index (κ1) is 20.4. The molecule has 144 valence electrons. The largest absolute Gasteiger partial charge is 0.493 e. The molecule has 0 atom stereocenters. The fraction of sp³-hybridized carbons (Fsp3) is 0.381. The van der Waals surface area contributed by atoms with Gasteiger partial charge in [0.2, 0.25) is 0 Å². The second-order valence-corrected chi connectivity index (χ2v) is 5.78. The highest BCUT2D eigenvalue weighted by Gasteiger charge is 2.29. The van der Waals surface area contributed by atoms with Crippen molar-refractivity contribution in [3.63, 3.8) is 0 Å². The Balaban J connectivity index is 2.89. The van der Waals surface area contributed by atoms with Crippen LogP contribution in [0.4, 0.5) is 0 Å². The maximum absolute atomic E-state index is 12.7. The second-order valence-electron chi connectivity index (χ2n) is 5.78. The predicted molar refractivity (Wildman–Crippen MR) is 102 cm³/mol. The number of rotatable bonds is 7. The lowest BCUT2D eigenvalue weighted by Gasteiger charge is -2.19. The van der Waals surface area contributed by atoms with E-state index in [0.717, 1.165) is 0 Å². The number of hydrogen-bond acceptors (Lipinski definition) is 6. The minimum atomic E-state index is -0.533. The lowest BCUT2D eigenvalue weighted by Crippen LogP contribution is -2.17. The molecule has 0 unspecified atom stereocenters. The summed E-state index contributed by atoms with van der Waals surface area (Å²) in [6, 6.07) is 7.27. The standard InChI is InChI=1S/C21H25NO5/c1-6-25-16-12-10-9-11-15(16)19-17(20(23)26-7-2)13(4)22-14(5)18(19)21(24)27-8-3/h9-12H,6-8H2,1-5H3. The summed E-state index contributed by atoms with van der Waals surface area (Å²) >= 11 is 0. The zero-order valence-electron chi connectivity index (χ0n) is 16.4. The summed E-state index contributed by atoms with van der Waals surface area (Å²) in [5.74, 6) is -0.496. The summed E-state index contributed by atoms with van der Waals surface area (Å²) in [5.41, 5.74) is 2.52. The van der Waals surface area contributed by atoms with Crippen LogP contribution in [0.25, 0.3) is 11.1 Å². The Morgan fingerprint density at radius 2 is 1.37 bits per heavy atom. The second kappa shape index (κ2) is 9.16. The average molecular weight is 371 g/mol. The van der Waals surface area contributed by atoms with E-state index in [2.05, 4.69) is 4.98 Å². The van der Waals surface area contributed by atoms with Gasteiger partial charge in [-0.15, -0.1) is 0 Å². The van der Waals surface area contributed by atoms with Crippen LogP contribution in [-0.4, -0.2) is 36.7 Å². The molecule has 0 aliphatic rings. The monoisotopic (exact) mass is 371 g/mol. The van der Waals surface area contributed by atoms with Crippen LogP contribution in [0.1, 0.15) is 52.9 Å². The number of pyridine rings is 1. The highest BCUT2D eigenvalue weighted by molar-refractivity contribution is 6.07. The van der Waals surface area contributed by atoms with E-state index < -0.39 is 11.9 Å². The molecule has 1 aromatic carbocycles. The van der Waals surface area contributed by atoms with Crippen molar-refractivity contribution < 1.29 is 23.8 Å². The molecule has 0 saturated carbocycles. The van der Waals surface area contributed by atoms with Crippen LogP contribution < -0.4 is 4.74 Å². The van der Waals surface area contributed by atoms with Gasteiger partial charge in [-0.1, -0.05) is 18.2 Å². The molecule has 0 bridgehead atoms. The third-order valence-electron chi connectivity index (χ3n) is 3.97. The molecule has 0 fully saturated rings. The topological polar surface area (TPSA) is 74.7 Å². The van der Waals surface area contributed by atoms with Crippen LogP contribution in [0.15, 0.2) is 24.3 Å². The molecule has 0 spiro atoms. The molecule has 0 aliphatic carbocycles. The number of ether oxygens (including phenoxy) is 3. The van der Waals surface area contributed by atoms with Gasteiger partial charge in [0, 0.05) is 11.1 Å². The van der Waals surface area contributed by atoms with Crippen LogP contribution >= 0.6 is 0 Å². The molecule has 6 heteroatoms. The highest BCUT2D eigenvalue weighted by Crippen LogP contribution is 2.38. The van der Waals surface area contributed by atoms with E-state index in [9.17, 15) is 9.59 Å². The third-order valence-corrected chi connectivity index (χ3v) is 3.97. The average Bonchev–Trinajstić information content (AvgIpc) is 2.62. The number of nitrogens with zero attached hydrogens (tertiary/aromatic N) is 1. The molecule has 2 rings (SSSR count). The van der Waals surface area contributed by atoms with E-state index in [1.807, 2.05) is 25.1 Å². The van der Waals surface area contributed by atoms with Gasteiger partial charge in [-0.25, -0.2) is 9.59 Å². The fourth-order valence-electron chi connectivity index (χ4n) is 2.98. The van der Waals surface area contributed by atoms with Crippen LogP contribution in [0.5, 0.6) is 5.75 Å². The summed E-state index contributed by atoms with van der Waals surface area (Å²) in [6.07, 6.45) is 0. The number of esters is 2. The minimum absolute atomic E-state index is 0.216. The number of aromatic nitrogens is 1. The molecule has 27 heavy (non-hydrogen) atoms. The van der Waals surface area contributed by atoms with Crippen molar-refractivity contribution >= 4 is 11.9 Å². The SMILES string of the molecule is CCOC(=O)c1c(C)nc(C)c(C(=O)OCC)c1-c1ccccc1OCC. The van der Waals surface area contributed by atoms with E-state index in [-0.39, 0.29) is 24.3 Å². The van der Waals surface area contributed by atoms with Crippen molar-refractivity contribution in [2.45, 2.75) is 34.6 Å². The summed E-state index contributed by atoms with van der Waals surface area (Å²) in [4.78, 5) is 29.8. The molecule has 6 nitrogen and oxygen atoms in total. The number of benzene rings is 1. The lowest BCUT2D eigenvalue weighted by molar-refractivity contribution is 0.0525. The molecule has 0 radical (unpaired) electrons. The van der Waals surface area contributed by atoms with Crippen LogP contribution in [0, 0.1) is 13.8 Å². The van der Waals surface area contributed by atoms with Crippen molar-refractivity contribution in [1.82, 2.24) is 4.98 Å². The predicted octanol–water partition coefficient (Wildman–Crippen LogP) is 4.12. The third kappa shape index (κ3) is 4.27. The highest BCUT2D eigenvalue weighted by atomic mass is 16.5.